The van der Waals surface area contributed by atoms with Crippen molar-refractivity contribution in [3.8, 4) is 0 Å². The molecule has 6 heteroatoms. The minimum atomic E-state index is -0.990. The Bertz CT molecular complexity index is 587. The van der Waals surface area contributed by atoms with Gasteiger partial charge in [0, 0.05) is 4.90 Å². The number of halogens is 1. The molecule has 0 unspecified atom stereocenters. The van der Waals surface area contributed by atoms with Crippen molar-refractivity contribution >= 4 is 17.7 Å². The number of aryl methyl sites for hydroxylation is 1. The highest BCUT2D eigenvalue weighted by Crippen LogP contribution is 2.28. The first-order chi connectivity index (χ1) is 8.58. The van der Waals surface area contributed by atoms with E-state index < -0.39 is 11.8 Å². The molecule has 0 atom stereocenters. The smallest absolute Gasteiger partial charge is 0.335 e. The molecule has 4 nitrogen and oxygen atoms in total. The second-order valence-corrected chi connectivity index (χ2v) is 4.57. The van der Waals surface area contributed by atoms with Crippen molar-refractivity contribution in [2.45, 2.75) is 16.8 Å². The largest absolute Gasteiger partial charge is 0.478 e. The highest BCUT2D eigenvalue weighted by atomic mass is 32.2. The minimum absolute atomic E-state index is 0.193. The first-order valence-electron chi connectivity index (χ1n) is 5.06. The van der Waals surface area contributed by atoms with Gasteiger partial charge in [-0.05, 0) is 31.2 Å². The van der Waals surface area contributed by atoms with Crippen molar-refractivity contribution < 1.29 is 14.3 Å². The van der Waals surface area contributed by atoms with E-state index in [0.29, 0.717) is 0 Å². The van der Waals surface area contributed by atoms with E-state index in [9.17, 15) is 9.18 Å². The second kappa shape index (κ2) is 5.14. The van der Waals surface area contributed by atoms with Crippen LogP contribution in [0.1, 0.15) is 16.1 Å². The molecule has 2 rings (SSSR count). The number of carbonyl (C=O) groups is 1. The van der Waals surface area contributed by atoms with Crippen LogP contribution in [-0.4, -0.2) is 21.0 Å². The van der Waals surface area contributed by atoms with Gasteiger partial charge in [0.2, 0.25) is 0 Å². The molecule has 0 aliphatic heterocycles. The van der Waals surface area contributed by atoms with Gasteiger partial charge in [-0.2, -0.15) is 0 Å². The molecule has 0 aliphatic rings. The normalized spacial score (nSPS) is 10.3. The van der Waals surface area contributed by atoms with Crippen LogP contribution in [0.15, 0.2) is 40.5 Å². The summed E-state index contributed by atoms with van der Waals surface area (Å²) in [7, 11) is 0. The van der Waals surface area contributed by atoms with E-state index in [1.54, 1.807) is 19.1 Å². The van der Waals surface area contributed by atoms with Gasteiger partial charge in [-0.1, -0.05) is 11.8 Å². The van der Waals surface area contributed by atoms with Crippen LogP contribution in [-0.2, 0) is 0 Å². The first kappa shape index (κ1) is 12.5. The monoisotopic (exact) mass is 264 g/mol. The van der Waals surface area contributed by atoms with Gasteiger partial charge in [0.25, 0.3) is 0 Å². The maximum absolute atomic E-state index is 13.7. The zero-order valence-corrected chi connectivity index (χ0v) is 10.2. The van der Waals surface area contributed by atoms with Crippen LogP contribution in [0.3, 0.4) is 0 Å². The lowest BCUT2D eigenvalue weighted by atomic mass is 10.2. The fraction of sp³-hybridized carbons (Fsp3) is 0.0833. The number of aromatic carboxylic acids is 1. The highest BCUT2D eigenvalue weighted by Gasteiger charge is 2.10. The zero-order chi connectivity index (χ0) is 13.1. The number of aromatic nitrogens is 2. The molecular weight excluding hydrogens is 255 g/mol. The Labute approximate surface area is 107 Å². The molecule has 0 radical (unpaired) electrons. The van der Waals surface area contributed by atoms with Gasteiger partial charge in [0.1, 0.15) is 11.4 Å². The molecule has 1 N–H and O–H groups in total. The van der Waals surface area contributed by atoms with E-state index in [2.05, 4.69) is 9.97 Å². The van der Waals surface area contributed by atoms with Crippen LogP contribution in [0.25, 0.3) is 0 Å². The van der Waals surface area contributed by atoms with Gasteiger partial charge in [-0.3, -0.25) is 0 Å². The van der Waals surface area contributed by atoms with E-state index in [0.717, 1.165) is 16.7 Å². The quantitative estimate of drug-likeness (QED) is 0.864. The number of rotatable bonds is 3. The Kier molecular flexibility index (Phi) is 3.57. The number of carboxylic acid groups (broad SMARTS) is 1. The summed E-state index contributed by atoms with van der Waals surface area (Å²) in [6, 6.07) is 6.17. The fourth-order valence-electron chi connectivity index (χ4n) is 1.28. The van der Waals surface area contributed by atoms with Crippen molar-refractivity contribution in [2.24, 2.45) is 0 Å². The Hall–Kier alpha value is -1.95. The molecule has 18 heavy (non-hydrogen) atoms. The van der Waals surface area contributed by atoms with Crippen molar-refractivity contribution in [2.75, 3.05) is 0 Å². The van der Waals surface area contributed by atoms with Gasteiger partial charge in [0.15, 0.2) is 5.82 Å². The topological polar surface area (TPSA) is 63.1 Å². The van der Waals surface area contributed by atoms with Crippen LogP contribution < -0.4 is 0 Å². The van der Waals surface area contributed by atoms with E-state index in [-0.39, 0.29) is 16.3 Å². The van der Waals surface area contributed by atoms with E-state index in [1.807, 2.05) is 0 Å². The third kappa shape index (κ3) is 2.65. The Balaban J connectivity index is 2.24. The molecule has 92 valence electrons. The van der Waals surface area contributed by atoms with Crippen LogP contribution in [0, 0.1) is 12.7 Å². The zero-order valence-electron chi connectivity index (χ0n) is 9.42. The molecule has 0 saturated heterocycles. The lowest BCUT2D eigenvalue weighted by Gasteiger charge is -2.03. The average molecular weight is 264 g/mol. The summed E-state index contributed by atoms with van der Waals surface area (Å²) >= 11 is 1.13. The van der Waals surface area contributed by atoms with Crippen LogP contribution in [0.4, 0.5) is 4.39 Å². The van der Waals surface area contributed by atoms with Gasteiger partial charge in [0.05, 0.1) is 11.3 Å². The van der Waals surface area contributed by atoms with E-state index >= 15 is 0 Å². The molecule has 0 saturated carbocycles. The summed E-state index contributed by atoms with van der Waals surface area (Å²) < 4.78 is 13.7. The first-order valence-corrected chi connectivity index (χ1v) is 5.88. The maximum atomic E-state index is 13.7. The standard InChI is InChI=1S/C12H9FN2O2S/c1-7-10(13)11(15-6-14-7)18-9-4-2-8(3-5-9)12(16)17/h2-6H,1H3,(H,16,17). The van der Waals surface area contributed by atoms with Crippen LogP contribution in [0.2, 0.25) is 0 Å². The number of benzene rings is 1. The molecule has 0 fully saturated rings. The number of nitrogens with zero attached hydrogens (tertiary/aromatic N) is 2. The molecule has 0 bridgehead atoms. The Morgan fingerprint density at radius 1 is 1.28 bits per heavy atom. The van der Waals surface area contributed by atoms with Crippen LogP contribution in [0.5, 0.6) is 0 Å². The lowest BCUT2D eigenvalue weighted by Crippen LogP contribution is -1.96. The maximum Gasteiger partial charge on any atom is 0.335 e. The predicted molar refractivity (Wildman–Crippen MR) is 64.3 cm³/mol. The lowest BCUT2D eigenvalue weighted by molar-refractivity contribution is 0.0697. The summed E-state index contributed by atoms with van der Waals surface area (Å²) in [6.45, 7) is 1.56. The summed E-state index contributed by atoms with van der Waals surface area (Å²) in [5.74, 6) is -1.44. The summed E-state index contributed by atoms with van der Waals surface area (Å²) in [5.41, 5.74) is 0.480. The molecule has 0 amide bonds. The van der Waals surface area contributed by atoms with Gasteiger partial charge in [-0.15, -0.1) is 0 Å². The molecule has 2 aromatic rings. The van der Waals surface area contributed by atoms with Crippen LogP contribution >= 0.6 is 11.8 Å². The van der Waals surface area contributed by atoms with Gasteiger partial charge < -0.3 is 5.11 Å². The molecule has 1 heterocycles. The third-order valence-corrected chi connectivity index (χ3v) is 3.23. The number of hydrogen-bond donors (Lipinski definition) is 1. The molecule has 0 spiro atoms. The number of hydrogen-bond acceptors (Lipinski definition) is 4. The van der Waals surface area contributed by atoms with Gasteiger partial charge in [-0.25, -0.2) is 19.2 Å². The van der Waals surface area contributed by atoms with Crippen molar-refractivity contribution in [3.63, 3.8) is 0 Å². The van der Waals surface area contributed by atoms with E-state index in [4.69, 9.17) is 5.11 Å². The Morgan fingerprint density at radius 3 is 2.56 bits per heavy atom. The van der Waals surface area contributed by atoms with E-state index in [1.165, 1.54) is 18.5 Å². The van der Waals surface area contributed by atoms with Gasteiger partial charge >= 0.3 is 5.97 Å². The molecule has 1 aromatic carbocycles. The van der Waals surface area contributed by atoms with Crippen molar-refractivity contribution in [1.82, 2.24) is 9.97 Å². The fourth-order valence-corrected chi connectivity index (χ4v) is 2.12. The van der Waals surface area contributed by atoms with Crippen molar-refractivity contribution in [3.05, 3.63) is 47.7 Å². The SMILES string of the molecule is Cc1ncnc(Sc2ccc(C(=O)O)cc2)c1F. The summed E-state index contributed by atoms with van der Waals surface area (Å²) in [4.78, 5) is 19.0. The third-order valence-electron chi connectivity index (χ3n) is 2.25. The second-order valence-electron chi connectivity index (χ2n) is 3.51. The summed E-state index contributed by atoms with van der Waals surface area (Å²) in [5, 5.41) is 8.99. The Morgan fingerprint density at radius 2 is 1.94 bits per heavy atom. The van der Waals surface area contributed by atoms with Crippen molar-refractivity contribution in [1.29, 1.82) is 0 Å². The molecule has 0 aliphatic carbocycles. The minimum Gasteiger partial charge on any atom is -0.478 e. The molecular formula is C12H9FN2O2S. The average Bonchev–Trinajstić information content (AvgIpc) is 2.36. The number of carboxylic acids is 1. The highest BCUT2D eigenvalue weighted by molar-refractivity contribution is 7.99. The molecule has 1 aromatic heterocycles. The predicted octanol–water partition coefficient (Wildman–Crippen LogP) is 2.77. The summed E-state index contributed by atoms with van der Waals surface area (Å²) in [6.07, 6.45) is 1.30.